The second-order valence-electron chi connectivity index (χ2n) is 9.19. The zero-order valence-electron chi connectivity index (χ0n) is 20.5. The summed E-state index contributed by atoms with van der Waals surface area (Å²) in [4.78, 5) is 17.8. The second kappa shape index (κ2) is 9.87. The minimum Gasteiger partial charge on any atom is -0.494 e. The molecule has 0 radical (unpaired) electrons. The summed E-state index contributed by atoms with van der Waals surface area (Å²) < 4.78 is 13.6. The van der Waals surface area contributed by atoms with E-state index in [2.05, 4.69) is 32.8 Å². The van der Waals surface area contributed by atoms with Gasteiger partial charge < -0.3 is 24.3 Å². The molecule has 36 heavy (non-hydrogen) atoms. The highest BCUT2D eigenvalue weighted by Crippen LogP contribution is 2.42. The molecule has 10 heteroatoms. The summed E-state index contributed by atoms with van der Waals surface area (Å²) in [6.45, 7) is 5.56. The van der Waals surface area contributed by atoms with E-state index in [1.165, 1.54) is 19.2 Å². The lowest BCUT2D eigenvalue weighted by Crippen LogP contribution is -2.36. The Hall–Kier alpha value is -3.50. The fourth-order valence-electron chi connectivity index (χ4n) is 5.37. The van der Waals surface area contributed by atoms with Crippen LogP contribution in [0.15, 0.2) is 48.7 Å². The van der Waals surface area contributed by atoms with Crippen molar-refractivity contribution in [2.45, 2.75) is 44.9 Å². The number of rotatable bonds is 7. The number of aromatic nitrogens is 2. The number of methoxy groups -OCH3 is 1. The average molecular weight is 508 g/mol. The van der Waals surface area contributed by atoms with Gasteiger partial charge in [0.05, 0.1) is 47.7 Å². The molecule has 0 aliphatic carbocycles. The SMILES string of the molecule is COc1cc([N+](=O)[O-])ccc1-n1c(C)cc([C@H]2[C@@H](c3ccccn3)NC(=S)N2C[C@@H]2CCCO2)c1C. The maximum Gasteiger partial charge on any atom is 0.273 e. The van der Waals surface area contributed by atoms with E-state index in [4.69, 9.17) is 21.7 Å². The molecule has 2 aliphatic rings. The summed E-state index contributed by atoms with van der Waals surface area (Å²) in [6, 6.07) is 12.5. The van der Waals surface area contributed by atoms with Gasteiger partial charge >= 0.3 is 0 Å². The summed E-state index contributed by atoms with van der Waals surface area (Å²) >= 11 is 5.82. The number of nitrogens with one attached hydrogen (secondary N) is 1. The molecule has 9 nitrogen and oxygen atoms in total. The van der Waals surface area contributed by atoms with Gasteiger partial charge in [0, 0.05) is 36.8 Å². The van der Waals surface area contributed by atoms with Gasteiger partial charge in [0.25, 0.3) is 5.69 Å². The first-order valence-electron chi connectivity index (χ1n) is 12.0. The van der Waals surface area contributed by atoms with Crippen LogP contribution in [-0.2, 0) is 4.74 Å². The number of hydrogen-bond donors (Lipinski definition) is 1. The molecule has 3 atom stereocenters. The van der Waals surface area contributed by atoms with Crippen molar-refractivity contribution in [1.29, 1.82) is 0 Å². The van der Waals surface area contributed by atoms with Crippen LogP contribution >= 0.6 is 12.2 Å². The number of ether oxygens (including phenoxy) is 2. The normalized spacial score (nSPS) is 21.6. The largest absolute Gasteiger partial charge is 0.494 e. The highest BCUT2D eigenvalue weighted by atomic mass is 32.1. The number of nitro benzene ring substituents is 1. The van der Waals surface area contributed by atoms with E-state index in [0.29, 0.717) is 17.4 Å². The van der Waals surface area contributed by atoms with Crippen molar-refractivity contribution in [3.8, 4) is 11.4 Å². The van der Waals surface area contributed by atoms with Gasteiger partial charge in [0.1, 0.15) is 5.75 Å². The molecule has 0 unspecified atom stereocenters. The number of benzene rings is 1. The Morgan fingerprint density at radius 3 is 2.78 bits per heavy atom. The highest BCUT2D eigenvalue weighted by Gasteiger charge is 2.42. The van der Waals surface area contributed by atoms with E-state index >= 15 is 0 Å². The number of hydrogen-bond acceptors (Lipinski definition) is 6. The van der Waals surface area contributed by atoms with Crippen LogP contribution in [0.25, 0.3) is 5.69 Å². The molecule has 4 heterocycles. The molecule has 1 N–H and O–H groups in total. The van der Waals surface area contributed by atoms with E-state index in [1.807, 2.05) is 25.1 Å². The van der Waals surface area contributed by atoms with Crippen LogP contribution in [0, 0.1) is 24.0 Å². The van der Waals surface area contributed by atoms with Crippen molar-refractivity contribution in [2.24, 2.45) is 0 Å². The molecular formula is C26H29N5O4S. The van der Waals surface area contributed by atoms with Crippen LogP contribution in [0.5, 0.6) is 5.75 Å². The third-order valence-corrected chi connectivity index (χ3v) is 7.38. The molecule has 188 valence electrons. The Morgan fingerprint density at radius 1 is 1.28 bits per heavy atom. The molecule has 0 bridgehead atoms. The van der Waals surface area contributed by atoms with Gasteiger partial charge in [-0.05, 0) is 68.7 Å². The topological polar surface area (TPSA) is 94.7 Å². The molecule has 0 amide bonds. The molecule has 3 aromatic rings. The van der Waals surface area contributed by atoms with Gasteiger partial charge in [0.2, 0.25) is 0 Å². The van der Waals surface area contributed by atoms with Crippen molar-refractivity contribution in [3.05, 3.63) is 81.4 Å². The third kappa shape index (κ3) is 4.31. The molecule has 2 fully saturated rings. The number of nitro groups is 1. The number of non-ortho nitro benzene ring substituents is 1. The number of nitrogens with zero attached hydrogens (tertiary/aromatic N) is 4. The van der Waals surface area contributed by atoms with Gasteiger partial charge in [-0.3, -0.25) is 15.1 Å². The van der Waals surface area contributed by atoms with E-state index < -0.39 is 4.92 Å². The van der Waals surface area contributed by atoms with Crippen LogP contribution in [-0.4, -0.2) is 50.9 Å². The van der Waals surface area contributed by atoms with Gasteiger partial charge in [-0.1, -0.05) is 6.07 Å². The van der Waals surface area contributed by atoms with Gasteiger partial charge in [-0.25, -0.2) is 0 Å². The first-order chi connectivity index (χ1) is 17.4. The number of thiocarbonyl (C=S) groups is 1. The molecule has 2 saturated heterocycles. The predicted molar refractivity (Wildman–Crippen MR) is 140 cm³/mol. The first kappa shape index (κ1) is 24.2. The van der Waals surface area contributed by atoms with Crippen molar-refractivity contribution < 1.29 is 14.4 Å². The number of aryl methyl sites for hydroxylation is 1. The molecule has 1 aromatic carbocycles. The monoisotopic (exact) mass is 507 g/mol. The number of pyridine rings is 1. The van der Waals surface area contributed by atoms with Crippen LogP contribution < -0.4 is 10.1 Å². The Bertz CT molecular complexity index is 1290. The lowest BCUT2D eigenvalue weighted by molar-refractivity contribution is -0.384. The summed E-state index contributed by atoms with van der Waals surface area (Å²) in [5.41, 5.74) is 4.75. The molecule has 0 saturated carbocycles. The quantitative estimate of drug-likeness (QED) is 0.283. The third-order valence-electron chi connectivity index (χ3n) is 7.03. The zero-order valence-corrected chi connectivity index (χ0v) is 21.3. The van der Waals surface area contributed by atoms with Gasteiger partial charge in [-0.15, -0.1) is 0 Å². The standard InChI is InChI=1S/C26H29N5O4S/c1-16-13-20(17(2)30(16)22-10-9-18(31(32)33)14-23(22)34-3)25-24(21-8-4-5-11-27-21)28-26(36)29(25)15-19-7-6-12-35-19/h4-5,8-11,13-14,19,24-25H,6-7,12,15H2,1-3H3,(H,28,36)/t19-,24+,25-/m0/s1. The van der Waals surface area contributed by atoms with E-state index in [-0.39, 0.29) is 23.9 Å². The molecule has 2 aliphatic heterocycles. The fraction of sp³-hybridized carbons (Fsp3) is 0.385. The predicted octanol–water partition coefficient (Wildman–Crippen LogP) is 4.56. The van der Waals surface area contributed by atoms with E-state index in [1.54, 1.807) is 12.3 Å². The average Bonchev–Trinajstić information content (AvgIpc) is 3.58. The van der Waals surface area contributed by atoms with Crippen LogP contribution in [0.1, 0.15) is 47.6 Å². The lowest BCUT2D eigenvalue weighted by Gasteiger charge is -2.30. The lowest BCUT2D eigenvalue weighted by atomic mass is 9.96. The smallest absolute Gasteiger partial charge is 0.273 e. The van der Waals surface area contributed by atoms with E-state index in [9.17, 15) is 10.1 Å². The summed E-state index contributed by atoms with van der Waals surface area (Å²) in [7, 11) is 1.53. The van der Waals surface area contributed by atoms with Gasteiger partial charge in [0.15, 0.2) is 5.11 Å². The van der Waals surface area contributed by atoms with Crippen molar-refractivity contribution in [1.82, 2.24) is 19.8 Å². The summed E-state index contributed by atoms with van der Waals surface area (Å²) in [5, 5.41) is 15.5. The Morgan fingerprint density at radius 2 is 2.11 bits per heavy atom. The zero-order chi connectivity index (χ0) is 25.4. The maximum absolute atomic E-state index is 11.3. The highest BCUT2D eigenvalue weighted by molar-refractivity contribution is 7.80. The van der Waals surface area contributed by atoms with Crippen LogP contribution in [0.4, 0.5) is 5.69 Å². The van der Waals surface area contributed by atoms with E-state index in [0.717, 1.165) is 47.8 Å². The molecule has 0 spiro atoms. The molecule has 2 aromatic heterocycles. The second-order valence-corrected chi connectivity index (χ2v) is 9.58. The molecule has 5 rings (SSSR count). The Labute approximate surface area is 215 Å². The molecular weight excluding hydrogens is 478 g/mol. The van der Waals surface area contributed by atoms with Crippen molar-refractivity contribution in [3.63, 3.8) is 0 Å². The summed E-state index contributed by atoms with van der Waals surface area (Å²) in [6.07, 6.45) is 4.00. The minimum absolute atomic E-state index is 0.0124. The maximum atomic E-state index is 11.3. The van der Waals surface area contributed by atoms with Crippen molar-refractivity contribution in [2.75, 3.05) is 20.3 Å². The Balaban J connectivity index is 1.61. The minimum atomic E-state index is -0.418. The first-order valence-corrected chi connectivity index (χ1v) is 12.4. The van der Waals surface area contributed by atoms with Gasteiger partial charge in [-0.2, -0.15) is 0 Å². The fourth-order valence-corrected chi connectivity index (χ4v) is 5.69. The van der Waals surface area contributed by atoms with Crippen LogP contribution in [0.3, 0.4) is 0 Å². The summed E-state index contributed by atoms with van der Waals surface area (Å²) in [5.74, 6) is 0.440. The van der Waals surface area contributed by atoms with Crippen LogP contribution in [0.2, 0.25) is 0 Å². The Kier molecular flexibility index (Phi) is 6.63. The van der Waals surface area contributed by atoms with Crippen molar-refractivity contribution >= 4 is 23.0 Å².